The molecule has 1 unspecified atom stereocenters. The normalized spacial score (nSPS) is 16.9. The molecule has 0 amide bonds. The second-order valence-corrected chi connectivity index (χ2v) is 8.61. The molecule has 0 bridgehead atoms. The molecule has 1 fully saturated rings. The van der Waals surface area contributed by atoms with Gasteiger partial charge in [-0.2, -0.15) is 0 Å². The quantitative estimate of drug-likeness (QED) is 0.755. The maximum atomic E-state index is 11.9. The van der Waals surface area contributed by atoms with E-state index in [0.29, 0.717) is 23.9 Å². The molecule has 0 radical (unpaired) electrons. The summed E-state index contributed by atoms with van der Waals surface area (Å²) in [4.78, 5) is 0. The Balaban J connectivity index is 1.98. The largest absolute Gasteiger partial charge is 0.313 e. The fourth-order valence-corrected chi connectivity index (χ4v) is 4.05. The third-order valence-electron chi connectivity index (χ3n) is 3.86. The Morgan fingerprint density at radius 3 is 2.48 bits per heavy atom. The Hall–Kier alpha value is -0.580. The molecule has 1 aliphatic rings. The van der Waals surface area contributed by atoms with Crippen molar-refractivity contribution in [2.45, 2.75) is 44.6 Å². The smallest absolute Gasteiger partial charge is 0.150 e. The molecule has 0 aromatic heterocycles. The van der Waals surface area contributed by atoms with Crippen molar-refractivity contribution in [2.75, 3.05) is 18.1 Å². The first-order valence-electron chi connectivity index (χ1n) is 7.69. The predicted molar refractivity (Wildman–Crippen MR) is 88.8 cm³/mol. The number of rotatable bonds is 9. The zero-order valence-electron chi connectivity index (χ0n) is 12.5. The maximum absolute atomic E-state index is 11.9. The van der Waals surface area contributed by atoms with Crippen LogP contribution >= 0.6 is 11.6 Å². The van der Waals surface area contributed by atoms with Gasteiger partial charge in [0.05, 0.1) is 5.75 Å². The van der Waals surface area contributed by atoms with Crippen molar-refractivity contribution in [3.05, 3.63) is 34.9 Å². The van der Waals surface area contributed by atoms with Crippen LogP contribution in [0.3, 0.4) is 0 Å². The summed E-state index contributed by atoms with van der Waals surface area (Å²) in [5.41, 5.74) is 1.17. The Bertz CT molecular complexity index is 538. The standard InChI is InChI=1S/C16H24ClNO2S/c1-2-10-21(19,20)11-9-14(12-18-16-7-8-16)13-3-5-15(17)6-4-13/h3-6,14,16,18H,2,7-12H2,1H3. The molecule has 1 atom stereocenters. The lowest BCUT2D eigenvalue weighted by Crippen LogP contribution is -2.25. The molecule has 21 heavy (non-hydrogen) atoms. The molecule has 1 aromatic rings. The molecular formula is C16H24ClNO2S. The first-order chi connectivity index (χ1) is 10.00. The minimum Gasteiger partial charge on any atom is -0.313 e. The zero-order valence-corrected chi connectivity index (χ0v) is 14.1. The second kappa shape index (κ2) is 7.61. The lowest BCUT2D eigenvalue weighted by atomic mass is 9.96. The van der Waals surface area contributed by atoms with Gasteiger partial charge >= 0.3 is 0 Å². The van der Waals surface area contributed by atoms with Crippen molar-refractivity contribution in [3.63, 3.8) is 0 Å². The topological polar surface area (TPSA) is 46.2 Å². The highest BCUT2D eigenvalue weighted by atomic mass is 35.5. The third-order valence-corrected chi connectivity index (χ3v) is 6.00. The minimum atomic E-state index is -2.92. The molecule has 3 nitrogen and oxygen atoms in total. The van der Waals surface area contributed by atoms with Gasteiger partial charge in [0.1, 0.15) is 9.84 Å². The summed E-state index contributed by atoms with van der Waals surface area (Å²) in [6.45, 7) is 2.75. The van der Waals surface area contributed by atoms with Crippen LogP contribution in [0.2, 0.25) is 5.02 Å². The summed E-state index contributed by atoms with van der Waals surface area (Å²) in [5, 5.41) is 4.22. The van der Waals surface area contributed by atoms with E-state index in [4.69, 9.17) is 11.6 Å². The van der Waals surface area contributed by atoms with Crippen molar-refractivity contribution < 1.29 is 8.42 Å². The molecule has 1 aromatic carbocycles. The van der Waals surface area contributed by atoms with E-state index < -0.39 is 9.84 Å². The van der Waals surface area contributed by atoms with Crippen LogP contribution in [0.5, 0.6) is 0 Å². The van der Waals surface area contributed by atoms with Crippen LogP contribution in [0, 0.1) is 0 Å². The maximum Gasteiger partial charge on any atom is 0.150 e. The van der Waals surface area contributed by atoms with E-state index >= 15 is 0 Å². The fraction of sp³-hybridized carbons (Fsp3) is 0.625. The number of hydrogen-bond donors (Lipinski definition) is 1. The summed E-state index contributed by atoms with van der Waals surface area (Å²) in [6.07, 6.45) is 3.83. The Kier molecular flexibility index (Phi) is 6.08. The number of nitrogens with one attached hydrogen (secondary N) is 1. The molecular weight excluding hydrogens is 306 g/mol. The monoisotopic (exact) mass is 329 g/mol. The van der Waals surface area contributed by atoms with E-state index in [-0.39, 0.29) is 17.4 Å². The van der Waals surface area contributed by atoms with Gasteiger partial charge < -0.3 is 5.32 Å². The SMILES string of the molecule is CCCS(=O)(=O)CCC(CNC1CC1)c1ccc(Cl)cc1. The first-order valence-corrected chi connectivity index (χ1v) is 9.89. The van der Waals surface area contributed by atoms with Crippen LogP contribution in [0.1, 0.15) is 44.1 Å². The summed E-state index contributed by atoms with van der Waals surface area (Å²) in [6, 6.07) is 8.40. The van der Waals surface area contributed by atoms with Gasteiger partial charge in [0.15, 0.2) is 0 Å². The van der Waals surface area contributed by atoms with Crippen molar-refractivity contribution in [3.8, 4) is 0 Å². The van der Waals surface area contributed by atoms with Crippen LogP contribution in [0.4, 0.5) is 0 Å². The van der Waals surface area contributed by atoms with Gasteiger partial charge in [0.25, 0.3) is 0 Å². The van der Waals surface area contributed by atoms with Crippen LogP contribution in [-0.4, -0.2) is 32.5 Å². The highest BCUT2D eigenvalue weighted by Gasteiger charge is 2.23. The highest BCUT2D eigenvalue weighted by Crippen LogP contribution is 2.25. The van der Waals surface area contributed by atoms with Gasteiger partial charge in [-0.15, -0.1) is 0 Å². The van der Waals surface area contributed by atoms with Gasteiger partial charge in [-0.1, -0.05) is 30.7 Å². The van der Waals surface area contributed by atoms with Crippen molar-refractivity contribution >= 4 is 21.4 Å². The van der Waals surface area contributed by atoms with Gasteiger partial charge in [0, 0.05) is 23.4 Å². The van der Waals surface area contributed by atoms with E-state index in [9.17, 15) is 8.42 Å². The molecule has 2 rings (SSSR count). The molecule has 118 valence electrons. The summed E-state index contributed by atoms with van der Waals surface area (Å²) < 4.78 is 23.9. The second-order valence-electron chi connectivity index (χ2n) is 5.87. The third kappa shape index (κ3) is 5.97. The van der Waals surface area contributed by atoms with Gasteiger partial charge in [-0.05, 0) is 49.3 Å². The van der Waals surface area contributed by atoms with Crippen molar-refractivity contribution in [1.82, 2.24) is 5.32 Å². The van der Waals surface area contributed by atoms with Crippen molar-refractivity contribution in [2.24, 2.45) is 0 Å². The van der Waals surface area contributed by atoms with Crippen molar-refractivity contribution in [1.29, 1.82) is 0 Å². The lowest BCUT2D eigenvalue weighted by molar-refractivity contribution is 0.553. The summed E-state index contributed by atoms with van der Waals surface area (Å²) >= 11 is 5.93. The molecule has 0 aliphatic heterocycles. The predicted octanol–water partition coefficient (Wildman–Crippen LogP) is 3.39. The van der Waals surface area contributed by atoms with Gasteiger partial charge in [-0.3, -0.25) is 0 Å². The van der Waals surface area contributed by atoms with Gasteiger partial charge in [-0.25, -0.2) is 8.42 Å². The lowest BCUT2D eigenvalue weighted by Gasteiger charge is -2.18. The molecule has 1 saturated carbocycles. The number of halogens is 1. The number of sulfone groups is 1. The molecule has 1 aliphatic carbocycles. The fourth-order valence-electron chi connectivity index (χ4n) is 2.45. The first kappa shape index (κ1) is 16.8. The Morgan fingerprint density at radius 1 is 1.24 bits per heavy atom. The van der Waals surface area contributed by atoms with E-state index in [1.165, 1.54) is 18.4 Å². The van der Waals surface area contributed by atoms with Crippen LogP contribution in [-0.2, 0) is 9.84 Å². The average Bonchev–Trinajstić information content (AvgIpc) is 3.24. The van der Waals surface area contributed by atoms with E-state index in [1.54, 1.807) is 0 Å². The Labute approximate surface area is 133 Å². The minimum absolute atomic E-state index is 0.231. The zero-order chi connectivity index (χ0) is 15.3. The van der Waals surface area contributed by atoms with Crippen LogP contribution in [0.25, 0.3) is 0 Å². The van der Waals surface area contributed by atoms with E-state index in [0.717, 1.165) is 6.54 Å². The average molecular weight is 330 g/mol. The van der Waals surface area contributed by atoms with E-state index in [1.807, 2.05) is 31.2 Å². The summed E-state index contributed by atoms with van der Waals surface area (Å²) in [5.74, 6) is 0.783. The van der Waals surface area contributed by atoms with E-state index in [2.05, 4.69) is 5.32 Å². The number of benzene rings is 1. The van der Waals surface area contributed by atoms with Crippen LogP contribution < -0.4 is 5.32 Å². The van der Waals surface area contributed by atoms with Crippen LogP contribution in [0.15, 0.2) is 24.3 Å². The van der Waals surface area contributed by atoms with Gasteiger partial charge in [0.2, 0.25) is 0 Å². The molecule has 0 spiro atoms. The summed E-state index contributed by atoms with van der Waals surface area (Å²) in [7, 11) is -2.92. The molecule has 5 heteroatoms. The molecule has 0 heterocycles. The number of hydrogen-bond acceptors (Lipinski definition) is 3. The highest BCUT2D eigenvalue weighted by molar-refractivity contribution is 7.91. The molecule has 1 N–H and O–H groups in total. The Morgan fingerprint density at radius 2 is 1.90 bits per heavy atom. The molecule has 0 saturated heterocycles.